The van der Waals surface area contributed by atoms with Crippen LogP contribution in [0.4, 0.5) is 57.1 Å². The second-order valence-corrected chi connectivity index (χ2v) is 11.8. The lowest BCUT2D eigenvalue weighted by Gasteiger charge is -2.39. The average Bonchev–Trinajstić information content (AvgIpc) is 3.12. The number of alkyl halides is 13. The molecule has 0 aromatic heterocycles. The molecule has 0 heterocycles. The smallest absolute Gasteiger partial charge is 0.460 e. The van der Waals surface area contributed by atoms with Gasteiger partial charge in [-0.1, -0.05) is 42.5 Å². The molecule has 302 valence electrons. The van der Waals surface area contributed by atoms with Gasteiger partial charge in [0.05, 0.1) is 19.8 Å². The van der Waals surface area contributed by atoms with Crippen LogP contribution in [0.2, 0.25) is 0 Å². The molecule has 0 aliphatic heterocycles. The first-order chi connectivity index (χ1) is 24.9. The summed E-state index contributed by atoms with van der Waals surface area (Å²) in [7, 11) is 0. The Labute approximate surface area is 298 Å². The zero-order chi connectivity index (χ0) is 40.8. The minimum absolute atomic E-state index is 0.0453. The van der Waals surface area contributed by atoms with Crippen LogP contribution in [-0.4, -0.2) is 101 Å². The maximum Gasteiger partial charge on any atom is 0.460 e. The van der Waals surface area contributed by atoms with E-state index in [-0.39, 0.29) is 30.5 Å². The zero-order valence-corrected chi connectivity index (χ0v) is 27.6. The number of para-hydroxylation sites is 1. The Kier molecular flexibility index (Phi) is 14.1. The molecule has 2 atom stereocenters. The predicted octanol–water partition coefficient (Wildman–Crippen LogP) is 7.77. The van der Waals surface area contributed by atoms with Gasteiger partial charge in [0.15, 0.2) is 0 Å². The molecular weight excluding hydrogens is 767 g/mol. The van der Waals surface area contributed by atoms with Crippen LogP contribution in [0.3, 0.4) is 0 Å². The number of rotatable bonds is 20. The second-order valence-electron chi connectivity index (χ2n) is 11.8. The van der Waals surface area contributed by atoms with Crippen LogP contribution < -0.4 is 14.2 Å². The third-order valence-corrected chi connectivity index (χ3v) is 7.78. The summed E-state index contributed by atoms with van der Waals surface area (Å²) < 4.78 is 192. The van der Waals surface area contributed by atoms with E-state index < -0.39 is 87.1 Å². The van der Waals surface area contributed by atoms with Crippen molar-refractivity contribution >= 4 is 0 Å². The number of hydrogen-bond donors (Lipinski definition) is 4. The number of halogens is 13. The molecule has 3 aromatic rings. The summed E-state index contributed by atoms with van der Waals surface area (Å²) in [6, 6.07) is 16.8. The van der Waals surface area contributed by atoms with E-state index in [4.69, 9.17) is 24.4 Å². The third-order valence-electron chi connectivity index (χ3n) is 7.78. The van der Waals surface area contributed by atoms with Crippen LogP contribution in [0.15, 0.2) is 66.7 Å². The van der Waals surface area contributed by atoms with E-state index in [2.05, 4.69) is 0 Å². The summed E-state index contributed by atoms with van der Waals surface area (Å²) in [6.07, 6.45) is -14.0. The minimum Gasteiger partial charge on any atom is -0.492 e. The number of benzene rings is 3. The van der Waals surface area contributed by atoms with Gasteiger partial charge >= 0.3 is 35.8 Å². The highest BCUT2D eigenvalue weighted by molar-refractivity contribution is 5.82. The summed E-state index contributed by atoms with van der Waals surface area (Å²) in [4.78, 5) is 0. The molecule has 0 bridgehead atoms. The van der Waals surface area contributed by atoms with Crippen LogP contribution in [0, 0.1) is 0 Å². The lowest BCUT2D eigenvalue weighted by molar-refractivity contribution is -0.440. The van der Waals surface area contributed by atoms with Gasteiger partial charge in [0.2, 0.25) is 0 Å². The molecule has 4 N–H and O–H groups in total. The molecule has 0 spiro atoms. The Balaban J connectivity index is 1.85. The fraction of sp³-hybridized carbons (Fsp3) is 0.471. The number of aliphatic hydroxyl groups excluding tert-OH is 4. The Morgan fingerprint density at radius 1 is 0.500 bits per heavy atom. The van der Waals surface area contributed by atoms with E-state index in [9.17, 15) is 67.3 Å². The highest BCUT2D eigenvalue weighted by atomic mass is 19.4. The Morgan fingerprint density at radius 3 is 1.30 bits per heavy atom. The first-order valence-corrected chi connectivity index (χ1v) is 15.7. The highest BCUT2D eigenvalue weighted by Crippen LogP contribution is 2.60. The van der Waals surface area contributed by atoms with Gasteiger partial charge in [-0.05, 0) is 48.2 Å². The Hall–Kier alpha value is -4.01. The molecule has 54 heavy (non-hydrogen) atoms. The molecule has 0 amide bonds. The van der Waals surface area contributed by atoms with Gasteiger partial charge in [-0.25, -0.2) is 0 Å². The number of unbranched alkanes of at least 4 members (excludes halogenated alkanes) is 1. The van der Waals surface area contributed by atoms with Crippen LogP contribution in [0.25, 0.3) is 22.3 Å². The van der Waals surface area contributed by atoms with E-state index in [1.165, 1.54) is 48.5 Å². The average molecular weight is 801 g/mol. The third kappa shape index (κ3) is 9.43. The van der Waals surface area contributed by atoms with Crippen molar-refractivity contribution in [2.24, 2.45) is 0 Å². The van der Waals surface area contributed by atoms with E-state index in [1.54, 1.807) is 18.2 Å². The summed E-state index contributed by atoms with van der Waals surface area (Å²) in [5.74, 6) is -36.6. The fourth-order valence-electron chi connectivity index (χ4n) is 4.68. The van der Waals surface area contributed by atoms with E-state index in [0.29, 0.717) is 22.3 Å². The Bertz CT molecular complexity index is 1560. The topological polar surface area (TPSA) is 109 Å². The summed E-state index contributed by atoms with van der Waals surface area (Å²) >= 11 is 0. The number of hydrogen-bond acceptors (Lipinski definition) is 7. The molecular formula is C34H33F13O7. The first-order valence-electron chi connectivity index (χ1n) is 15.7. The molecule has 7 nitrogen and oxygen atoms in total. The SMILES string of the molecule is OCC(O)COc1ccc(-c2cccc(-c3ccc(OCC(O)CO)cc3)c2OCCCCC(F)(F)C(F)(F)C(F)(F)C(F)(F)C(F)(F)C(F)(F)F)cc1. The summed E-state index contributed by atoms with van der Waals surface area (Å²) in [6.45, 7) is -2.24. The van der Waals surface area contributed by atoms with Crippen LogP contribution in [0.5, 0.6) is 17.2 Å². The van der Waals surface area contributed by atoms with Crippen LogP contribution >= 0.6 is 0 Å². The number of ether oxygens (including phenoxy) is 3. The summed E-state index contributed by atoms with van der Waals surface area (Å²) in [5, 5.41) is 37.0. The largest absolute Gasteiger partial charge is 0.492 e. The zero-order valence-electron chi connectivity index (χ0n) is 27.6. The molecule has 3 rings (SSSR count). The van der Waals surface area contributed by atoms with Gasteiger partial charge < -0.3 is 34.6 Å². The molecule has 0 aliphatic carbocycles. The van der Waals surface area contributed by atoms with Gasteiger partial charge in [0, 0.05) is 17.5 Å². The fourth-order valence-corrected chi connectivity index (χ4v) is 4.68. The lowest BCUT2D eigenvalue weighted by atomic mass is 9.92. The summed E-state index contributed by atoms with van der Waals surface area (Å²) in [5.41, 5.74) is 1.57. The standard InChI is InChI=1S/C34H33F13O7/c35-29(36,30(37,38)31(39,40)32(41,42)33(43,44)34(45,46)47)14-1-2-15-52-28-26(20-6-10-24(11-7-20)53-18-22(50)16-48)4-3-5-27(28)21-8-12-25(13-9-21)54-19-23(51)17-49/h3-13,22-23,48-51H,1-2,14-19H2. The Morgan fingerprint density at radius 2 is 0.907 bits per heavy atom. The van der Waals surface area contributed by atoms with Crippen molar-refractivity contribution in [2.75, 3.05) is 33.0 Å². The predicted molar refractivity (Wildman–Crippen MR) is 165 cm³/mol. The lowest BCUT2D eigenvalue weighted by Crippen LogP contribution is -2.70. The van der Waals surface area contributed by atoms with Crippen molar-refractivity contribution in [1.82, 2.24) is 0 Å². The quantitative estimate of drug-likeness (QED) is 0.0684. The molecule has 20 heteroatoms. The highest BCUT2D eigenvalue weighted by Gasteiger charge is 2.90. The van der Waals surface area contributed by atoms with Crippen molar-refractivity contribution in [3.8, 4) is 39.5 Å². The van der Waals surface area contributed by atoms with Crippen molar-refractivity contribution in [3.63, 3.8) is 0 Å². The van der Waals surface area contributed by atoms with E-state index in [1.807, 2.05) is 0 Å². The minimum atomic E-state index is -7.97. The molecule has 0 saturated heterocycles. The van der Waals surface area contributed by atoms with Crippen molar-refractivity contribution in [3.05, 3.63) is 66.7 Å². The van der Waals surface area contributed by atoms with Crippen molar-refractivity contribution in [2.45, 2.75) is 67.3 Å². The van der Waals surface area contributed by atoms with E-state index in [0.717, 1.165) is 0 Å². The van der Waals surface area contributed by atoms with E-state index >= 15 is 0 Å². The van der Waals surface area contributed by atoms with Gasteiger partial charge in [-0.3, -0.25) is 0 Å². The van der Waals surface area contributed by atoms with Crippen LogP contribution in [-0.2, 0) is 0 Å². The monoisotopic (exact) mass is 800 g/mol. The van der Waals surface area contributed by atoms with Crippen molar-refractivity contribution < 1.29 is 91.7 Å². The molecule has 0 fully saturated rings. The van der Waals surface area contributed by atoms with Gasteiger partial charge in [-0.15, -0.1) is 0 Å². The van der Waals surface area contributed by atoms with Crippen LogP contribution in [0.1, 0.15) is 19.3 Å². The van der Waals surface area contributed by atoms with Gasteiger partial charge in [0.25, 0.3) is 0 Å². The normalized spacial score (nSPS) is 14.5. The molecule has 0 radical (unpaired) electrons. The molecule has 3 aromatic carbocycles. The maximum atomic E-state index is 14.3. The molecule has 0 aliphatic rings. The maximum absolute atomic E-state index is 14.3. The van der Waals surface area contributed by atoms with Crippen molar-refractivity contribution in [1.29, 1.82) is 0 Å². The van der Waals surface area contributed by atoms with Gasteiger partial charge in [-0.2, -0.15) is 57.1 Å². The first kappa shape index (κ1) is 44.4. The van der Waals surface area contributed by atoms with Gasteiger partial charge in [0.1, 0.15) is 42.7 Å². The number of aliphatic hydroxyl groups is 4. The second kappa shape index (κ2) is 17.2. The molecule has 0 saturated carbocycles. The molecule has 2 unspecified atom stereocenters.